The Balaban J connectivity index is 1.25. The summed E-state index contributed by atoms with van der Waals surface area (Å²) < 4.78 is 5.58. The highest BCUT2D eigenvalue weighted by molar-refractivity contribution is 6.30. The van der Waals surface area contributed by atoms with Crippen LogP contribution >= 0.6 is 11.6 Å². The van der Waals surface area contributed by atoms with Crippen molar-refractivity contribution in [1.82, 2.24) is 10.2 Å². The van der Waals surface area contributed by atoms with Crippen LogP contribution in [-0.2, 0) is 29.1 Å². The molecule has 6 nitrogen and oxygen atoms in total. The van der Waals surface area contributed by atoms with E-state index in [1.54, 1.807) is 7.11 Å². The van der Waals surface area contributed by atoms with Gasteiger partial charge in [0.1, 0.15) is 5.75 Å². The molecule has 1 fully saturated rings. The molecule has 0 saturated carbocycles. The maximum Gasteiger partial charge on any atom is 0.240 e. The van der Waals surface area contributed by atoms with Gasteiger partial charge in [-0.3, -0.25) is 9.59 Å². The summed E-state index contributed by atoms with van der Waals surface area (Å²) in [5.74, 6) is 0.930. The molecule has 0 aliphatic carbocycles. The normalized spacial score (nSPS) is 18.9. The van der Waals surface area contributed by atoms with Crippen molar-refractivity contribution in [2.75, 3.05) is 19.0 Å². The number of hydrogen-bond donors (Lipinski definition) is 2. The average molecular weight is 490 g/mol. The predicted octanol–water partition coefficient (Wildman–Crippen LogP) is 4.52. The van der Waals surface area contributed by atoms with E-state index in [1.165, 1.54) is 0 Å². The molecule has 0 spiro atoms. The minimum absolute atomic E-state index is 0.105. The smallest absolute Gasteiger partial charge is 0.240 e. The van der Waals surface area contributed by atoms with Crippen molar-refractivity contribution in [3.8, 4) is 5.75 Å². The van der Waals surface area contributed by atoms with Crippen LogP contribution in [0, 0.1) is 0 Å². The van der Waals surface area contributed by atoms with Crippen LogP contribution in [0.1, 0.15) is 34.6 Å². The number of fused-ring (bicyclic) bond motifs is 1. The monoisotopic (exact) mass is 489 g/mol. The zero-order valence-corrected chi connectivity index (χ0v) is 20.3. The van der Waals surface area contributed by atoms with Gasteiger partial charge in [0.2, 0.25) is 11.8 Å². The van der Waals surface area contributed by atoms with Gasteiger partial charge in [0.05, 0.1) is 19.6 Å². The largest absolute Gasteiger partial charge is 0.496 e. The lowest BCUT2D eigenvalue weighted by Crippen LogP contribution is -2.40. The van der Waals surface area contributed by atoms with Crippen molar-refractivity contribution < 1.29 is 14.3 Å². The first-order valence-corrected chi connectivity index (χ1v) is 12.2. The molecule has 3 aromatic carbocycles. The number of carbonyl (C=O) groups excluding carboxylic acids is 2. The number of methoxy groups -OCH3 is 1. The van der Waals surface area contributed by atoms with Crippen LogP contribution in [0.4, 0.5) is 5.69 Å². The molecular weight excluding hydrogens is 462 g/mol. The maximum atomic E-state index is 13.3. The second-order valence-electron chi connectivity index (χ2n) is 9.17. The molecule has 2 aliphatic heterocycles. The lowest BCUT2D eigenvalue weighted by atomic mass is 9.96. The van der Waals surface area contributed by atoms with Crippen molar-refractivity contribution in [1.29, 1.82) is 0 Å². The molecule has 2 N–H and O–H groups in total. The highest BCUT2D eigenvalue weighted by Gasteiger charge is 2.35. The fourth-order valence-electron chi connectivity index (χ4n) is 5.02. The molecule has 2 atom stereocenters. The van der Waals surface area contributed by atoms with Gasteiger partial charge in [0.25, 0.3) is 0 Å². The summed E-state index contributed by atoms with van der Waals surface area (Å²) in [7, 11) is 1.61. The minimum atomic E-state index is -0.216. The number of amides is 2. The Bertz CT molecular complexity index is 1250. The number of carbonyl (C=O) groups is 2. The van der Waals surface area contributed by atoms with Gasteiger partial charge in [-0.15, -0.1) is 0 Å². The Hall–Kier alpha value is -3.35. The quantitative estimate of drug-likeness (QED) is 0.534. The first-order chi connectivity index (χ1) is 17.0. The summed E-state index contributed by atoms with van der Waals surface area (Å²) in [5, 5.41) is 7.04. The number of nitrogens with one attached hydrogen (secondary N) is 2. The molecule has 0 aromatic heterocycles. The van der Waals surface area contributed by atoms with E-state index in [2.05, 4.69) is 16.7 Å². The van der Waals surface area contributed by atoms with Crippen LogP contribution in [0.25, 0.3) is 0 Å². The highest BCUT2D eigenvalue weighted by atomic mass is 35.5. The number of benzene rings is 3. The lowest BCUT2D eigenvalue weighted by Gasteiger charge is -2.20. The van der Waals surface area contributed by atoms with Crippen LogP contribution in [0.2, 0.25) is 5.02 Å². The minimum Gasteiger partial charge on any atom is -0.496 e. The van der Waals surface area contributed by atoms with Crippen molar-refractivity contribution in [2.24, 2.45) is 0 Å². The number of ether oxygens (including phenoxy) is 1. The van der Waals surface area contributed by atoms with E-state index in [0.717, 1.165) is 45.9 Å². The number of anilines is 1. The maximum absolute atomic E-state index is 13.3. The number of rotatable bonds is 6. The Morgan fingerprint density at radius 3 is 2.57 bits per heavy atom. The van der Waals surface area contributed by atoms with E-state index in [0.29, 0.717) is 18.8 Å². The van der Waals surface area contributed by atoms with Gasteiger partial charge in [-0.25, -0.2) is 0 Å². The number of halogens is 1. The average Bonchev–Trinajstić information content (AvgIpc) is 3.51. The van der Waals surface area contributed by atoms with Crippen LogP contribution in [0.5, 0.6) is 5.75 Å². The lowest BCUT2D eigenvalue weighted by molar-refractivity contribution is -0.133. The summed E-state index contributed by atoms with van der Waals surface area (Å²) >= 11 is 6.16. The third kappa shape index (κ3) is 5.19. The first-order valence-electron chi connectivity index (χ1n) is 11.8. The fourth-order valence-corrected chi connectivity index (χ4v) is 5.22. The van der Waals surface area contributed by atoms with Crippen molar-refractivity contribution in [2.45, 2.75) is 37.9 Å². The van der Waals surface area contributed by atoms with Gasteiger partial charge in [-0.1, -0.05) is 41.9 Å². The zero-order chi connectivity index (χ0) is 24.4. The standard InChI is InChI=1S/C28H28ClN3O3/c1-35-26-13-22-17-32(28(34)25-12-20(15-30-25)18-6-5-7-23(29)11-18)16-21(22)10-19(26)14-27(33)31-24-8-3-2-4-9-24/h2-11,13,20,25,30H,12,14-17H2,1H3,(H,31,33)/t20-,25-/m1/s1. The number of para-hydroxylation sites is 1. The molecule has 2 amide bonds. The molecule has 2 heterocycles. The third-order valence-corrected chi connectivity index (χ3v) is 7.03. The van der Waals surface area contributed by atoms with Crippen molar-refractivity contribution >= 4 is 29.1 Å². The molecule has 0 bridgehead atoms. The topological polar surface area (TPSA) is 70.7 Å². The molecule has 0 radical (unpaired) electrons. The molecule has 5 rings (SSSR count). The van der Waals surface area contributed by atoms with E-state index < -0.39 is 0 Å². The zero-order valence-electron chi connectivity index (χ0n) is 19.6. The molecule has 35 heavy (non-hydrogen) atoms. The highest BCUT2D eigenvalue weighted by Crippen LogP contribution is 2.33. The SMILES string of the molecule is COc1cc2c(cc1CC(=O)Nc1ccccc1)CN(C(=O)[C@H]1C[C@@H](c3cccc(Cl)c3)CN1)C2. The van der Waals surface area contributed by atoms with Gasteiger partial charge >= 0.3 is 0 Å². The van der Waals surface area contributed by atoms with E-state index >= 15 is 0 Å². The first kappa shape index (κ1) is 23.4. The van der Waals surface area contributed by atoms with Gasteiger partial charge in [-0.05, 0) is 65.4 Å². The van der Waals surface area contributed by atoms with Gasteiger partial charge < -0.3 is 20.3 Å². The molecule has 0 unspecified atom stereocenters. The van der Waals surface area contributed by atoms with Crippen LogP contribution in [-0.4, -0.2) is 36.4 Å². The molecular formula is C28H28ClN3O3. The van der Waals surface area contributed by atoms with Gasteiger partial charge in [0, 0.05) is 35.9 Å². The van der Waals surface area contributed by atoms with E-state index in [4.69, 9.17) is 16.3 Å². The van der Waals surface area contributed by atoms with Crippen LogP contribution < -0.4 is 15.4 Å². The Kier molecular flexibility index (Phi) is 6.75. The Morgan fingerprint density at radius 2 is 1.83 bits per heavy atom. The summed E-state index contributed by atoms with van der Waals surface area (Å²) in [5.41, 5.74) is 4.86. The summed E-state index contributed by atoms with van der Waals surface area (Å²) in [6, 6.07) is 21.0. The fraction of sp³-hybridized carbons (Fsp3) is 0.286. The van der Waals surface area contributed by atoms with Crippen molar-refractivity contribution in [3.05, 3.63) is 94.0 Å². The summed E-state index contributed by atoms with van der Waals surface area (Å²) in [6.45, 7) is 1.83. The Labute approximate surface area is 210 Å². The summed E-state index contributed by atoms with van der Waals surface area (Å²) in [6.07, 6.45) is 0.949. The van der Waals surface area contributed by atoms with Crippen LogP contribution in [0.3, 0.4) is 0 Å². The number of hydrogen-bond acceptors (Lipinski definition) is 4. The second-order valence-corrected chi connectivity index (χ2v) is 9.60. The van der Waals surface area contributed by atoms with Crippen molar-refractivity contribution in [3.63, 3.8) is 0 Å². The molecule has 2 aliphatic rings. The van der Waals surface area contributed by atoms with Gasteiger partial charge in [-0.2, -0.15) is 0 Å². The van der Waals surface area contributed by atoms with Crippen LogP contribution in [0.15, 0.2) is 66.7 Å². The molecule has 1 saturated heterocycles. The summed E-state index contributed by atoms with van der Waals surface area (Å²) in [4.78, 5) is 27.8. The van der Waals surface area contributed by atoms with E-state index in [1.807, 2.05) is 65.6 Å². The molecule has 3 aromatic rings. The third-order valence-electron chi connectivity index (χ3n) is 6.79. The predicted molar refractivity (Wildman–Crippen MR) is 137 cm³/mol. The second kappa shape index (κ2) is 10.1. The van der Waals surface area contributed by atoms with E-state index in [9.17, 15) is 9.59 Å². The number of nitrogens with zero attached hydrogens (tertiary/aromatic N) is 1. The van der Waals surface area contributed by atoms with Gasteiger partial charge in [0.15, 0.2) is 0 Å². The Morgan fingerprint density at radius 1 is 1.06 bits per heavy atom. The van der Waals surface area contributed by atoms with E-state index in [-0.39, 0.29) is 30.2 Å². The molecule has 7 heteroatoms. The molecule has 180 valence electrons.